The Morgan fingerprint density at radius 1 is 1.18 bits per heavy atom. The molecule has 1 saturated heterocycles. The fourth-order valence-electron chi connectivity index (χ4n) is 2.56. The highest BCUT2D eigenvalue weighted by atomic mass is 127. The Bertz CT molecular complexity index is 391. The van der Waals surface area contributed by atoms with Crippen LogP contribution in [0.3, 0.4) is 0 Å². The van der Waals surface area contributed by atoms with Crippen LogP contribution in [0.1, 0.15) is 43.5 Å². The minimum absolute atomic E-state index is 0.182. The summed E-state index contributed by atoms with van der Waals surface area (Å²) in [5.41, 5.74) is 0.811. The number of halogens is 1. The molecule has 1 aliphatic heterocycles. The van der Waals surface area contributed by atoms with Gasteiger partial charge in [0, 0.05) is 21.2 Å². The average molecular weight is 343 g/mol. The molecule has 2 atom stereocenters. The van der Waals surface area contributed by atoms with Crippen LogP contribution in [-0.4, -0.2) is 22.9 Å². The molecule has 0 N–H and O–H groups in total. The Labute approximate surface area is 117 Å². The first-order valence-electron chi connectivity index (χ1n) is 6.18. The standard InChI is InChI=1S/C14H18INO/c1-10-4-3-5-11(2)16(10)14(17)12-6-8-13(15)9-7-12/h6-11H,3-5H2,1-2H3. The third-order valence-corrected chi connectivity index (χ3v) is 4.24. The van der Waals surface area contributed by atoms with Crippen molar-refractivity contribution in [3.8, 4) is 0 Å². The summed E-state index contributed by atoms with van der Waals surface area (Å²) in [7, 11) is 0. The van der Waals surface area contributed by atoms with E-state index in [-0.39, 0.29) is 5.91 Å². The minimum atomic E-state index is 0.182. The number of amides is 1. The van der Waals surface area contributed by atoms with Crippen LogP contribution in [0, 0.1) is 3.57 Å². The summed E-state index contributed by atoms with van der Waals surface area (Å²) in [5, 5.41) is 0. The first-order valence-corrected chi connectivity index (χ1v) is 7.25. The Kier molecular flexibility index (Phi) is 4.07. The van der Waals surface area contributed by atoms with Crippen LogP contribution in [0.25, 0.3) is 0 Å². The van der Waals surface area contributed by atoms with Gasteiger partial charge in [-0.3, -0.25) is 4.79 Å². The summed E-state index contributed by atoms with van der Waals surface area (Å²) in [4.78, 5) is 14.5. The van der Waals surface area contributed by atoms with Gasteiger partial charge in [-0.05, 0) is 80.0 Å². The number of piperidine rings is 1. The van der Waals surface area contributed by atoms with E-state index in [1.807, 2.05) is 29.2 Å². The molecule has 17 heavy (non-hydrogen) atoms. The summed E-state index contributed by atoms with van der Waals surface area (Å²) in [6.45, 7) is 4.31. The van der Waals surface area contributed by atoms with Crippen LogP contribution in [0.4, 0.5) is 0 Å². The Hall–Kier alpha value is -0.580. The van der Waals surface area contributed by atoms with Crippen molar-refractivity contribution in [2.24, 2.45) is 0 Å². The Morgan fingerprint density at radius 3 is 2.24 bits per heavy atom. The van der Waals surface area contributed by atoms with Crippen molar-refractivity contribution >= 4 is 28.5 Å². The monoisotopic (exact) mass is 343 g/mol. The van der Waals surface area contributed by atoms with Gasteiger partial charge in [0.05, 0.1) is 0 Å². The first kappa shape index (κ1) is 12.9. The maximum Gasteiger partial charge on any atom is 0.254 e. The number of likely N-dealkylation sites (tertiary alicyclic amines) is 1. The van der Waals surface area contributed by atoms with E-state index >= 15 is 0 Å². The quantitative estimate of drug-likeness (QED) is 0.712. The maximum atomic E-state index is 12.5. The molecule has 92 valence electrons. The number of hydrogen-bond donors (Lipinski definition) is 0. The van der Waals surface area contributed by atoms with Gasteiger partial charge in [-0.15, -0.1) is 0 Å². The summed E-state index contributed by atoms with van der Waals surface area (Å²) >= 11 is 2.26. The van der Waals surface area contributed by atoms with Crippen LogP contribution in [0.15, 0.2) is 24.3 Å². The van der Waals surface area contributed by atoms with Gasteiger partial charge < -0.3 is 4.90 Å². The maximum absolute atomic E-state index is 12.5. The van der Waals surface area contributed by atoms with Crippen molar-refractivity contribution in [2.45, 2.75) is 45.2 Å². The molecule has 0 radical (unpaired) electrons. The highest BCUT2D eigenvalue weighted by Crippen LogP contribution is 2.24. The molecule has 0 aromatic heterocycles. The van der Waals surface area contributed by atoms with Crippen molar-refractivity contribution in [2.75, 3.05) is 0 Å². The molecule has 2 unspecified atom stereocenters. The second-order valence-electron chi connectivity index (χ2n) is 4.85. The summed E-state index contributed by atoms with van der Waals surface area (Å²) in [5.74, 6) is 0.182. The van der Waals surface area contributed by atoms with Gasteiger partial charge in [0.25, 0.3) is 5.91 Å². The van der Waals surface area contributed by atoms with Gasteiger partial charge in [0.2, 0.25) is 0 Å². The van der Waals surface area contributed by atoms with Gasteiger partial charge in [-0.1, -0.05) is 0 Å². The predicted octanol–water partition coefficient (Wildman–Crippen LogP) is 3.69. The van der Waals surface area contributed by atoms with Crippen molar-refractivity contribution < 1.29 is 4.79 Å². The molecule has 0 aliphatic carbocycles. The van der Waals surface area contributed by atoms with E-state index in [2.05, 4.69) is 36.4 Å². The Morgan fingerprint density at radius 2 is 1.71 bits per heavy atom. The zero-order chi connectivity index (χ0) is 12.4. The zero-order valence-electron chi connectivity index (χ0n) is 10.3. The second-order valence-corrected chi connectivity index (χ2v) is 6.09. The van der Waals surface area contributed by atoms with Crippen LogP contribution >= 0.6 is 22.6 Å². The van der Waals surface area contributed by atoms with Gasteiger partial charge in [-0.25, -0.2) is 0 Å². The van der Waals surface area contributed by atoms with E-state index in [0.29, 0.717) is 12.1 Å². The molecule has 0 bridgehead atoms. The zero-order valence-corrected chi connectivity index (χ0v) is 12.5. The van der Waals surface area contributed by atoms with Crippen molar-refractivity contribution in [1.29, 1.82) is 0 Å². The van der Waals surface area contributed by atoms with E-state index in [1.54, 1.807) is 0 Å². The SMILES string of the molecule is CC1CCCC(C)N1C(=O)c1ccc(I)cc1. The topological polar surface area (TPSA) is 20.3 Å². The lowest BCUT2D eigenvalue weighted by molar-refractivity contribution is 0.0511. The number of nitrogens with zero attached hydrogens (tertiary/aromatic N) is 1. The third-order valence-electron chi connectivity index (χ3n) is 3.52. The van der Waals surface area contributed by atoms with Gasteiger partial charge >= 0.3 is 0 Å². The lowest BCUT2D eigenvalue weighted by atomic mass is 9.96. The number of carbonyl (C=O) groups excluding carboxylic acids is 1. The largest absolute Gasteiger partial charge is 0.333 e. The van der Waals surface area contributed by atoms with Gasteiger partial charge in [0.1, 0.15) is 0 Å². The molecule has 2 nitrogen and oxygen atoms in total. The molecule has 0 spiro atoms. The van der Waals surface area contributed by atoms with Crippen LogP contribution in [-0.2, 0) is 0 Å². The number of rotatable bonds is 1. The predicted molar refractivity (Wildman–Crippen MR) is 78.1 cm³/mol. The number of hydrogen-bond acceptors (Lipinski definition) is 1. The lowest BCUT2D eigenvalue weighted by Gasteiger charge is -2.39. The second kappa shape index (κ2) is 5.38. The molecule has 2 rings (SSSR count). The molecule has 1 heterocycles. The number of benzene rings is 1. The van der Waals surface area contributed by atoms with Crippen LogP contribution in [0.2, 0.25) is 0 Å². The van der Waals surface area contributed by atoms with Crippen LogP contribution in [0.5, 0.6) is 0 Å². The van der Waals surface area contributed by atoms with Crippen LogP contribution < -0.4 is 0 Å². The highest BCUT2D eigenvalue weighted by molar-refractivity contribution is 14.1. The number of carbonyl (C=O) groups is 1. The fraction of sp³-hybridized carbons (Fsp3) is 0.500. The molecular weight excluding hydrogens is 325 g/mol. The van der Waals surface area contributed by atoms with Gasteiger partial charge in [0.15, 0.2) is 0 Å². The normalized spacial score (nSPS) is 24.8. The molecule has 1 fully saturated rings. The van der Waals surface area contributed by atoms with Crippen molar-refractivity contribution in [1.82, 2.24) is 4.90 Å². The smallest absolute Gasteiger partial charge is 0.254 e. The molecule has 1 aromatic carbocycles. The summed E-state index contributed by atoms with van der Waals surface area (Å²) in [6, 6.07) is 8.58. The third kappa shape index (κ3) is 2.81. The summed E-state index contributed by atoms with van der Waals surface area (Å²) < 4.78 is 1.17. The van der Waals surface area contributed by atoms with E-state index in [0.717, 1.165) is 18.4 Å². The first-order chi connectivity index (χ1) is 8.09. The molecular formula is C14H18INO. The van der Waals surface area contributed by atoms with E-state index in [1.165, 1.54) is 9.99 Å². The van der Waals surface area contributed by atoms with Crippen molar-refractivity contribution in [3.63, 3.8) is 0 Å². The molecule has 1 amide bonds. The van der Waals surface area contributed by atoms with E-state index < -0.39 is 0 Å². The summed E-state index contributed by atoms with van der Waals surface area (Å²) in [6.07, 6.45) is 3.49. The molecule has 0 saturated carbocycles. The van der Waals surface area contributed by atoms with E-state index in [9.17, 15) is 4.79 Å². The van der Waals surface area contributed by atoms with Gasteiger partial charge in [-0.2, -0.15) is 0 Å². The molecule has 1 aromatic rings. The van der Waals surface area contributed by atoms with Crippen molar-refractivity contribution in [3.05, 3.63) is 33.4 Å². The average Bonchev–Trinajstić information content (AvgIpc) is 2.29. The minimum Gasteiger partial charge on any atom is -0.333 e. The molecule has 3 heteroatoms. The molecule has 1 aliphatic rings. The highest BCUT2D eigenvalue weighted by Gasteiger charge is 2.29. The lowest BCUT2D eigenvalue weighted by Crippen LogP contribution is -2.47. The Balaban J connectivity index is 2.20. The van der Waals surface area contributed by atoms with E-state index in [4.69, 9.17) is 0 Å². The fourth-order valence-corrected chi connectivity index (χ4v) is 2.92.